The van der Waals surface area contributed by atoms with Gasteiger partial charge >= 0.3 is 0 Å². The number of aliphatic hydroxyl groups excluding tert-OH is 3. The maximum absolute atomic E-state index is 13.2. The molecule has 71 heavy (non-hydrogen) atoms. The van der Waals surface area contributed by atoms with E-state index in [1.165, 1.54) is 89.9 Å². The van der Waals surface area contributed by atoms with Crippen LogP contribution < -0.4 is 5.32 Å². The highest BCUT2D eigenvalue weighted by atomic mass is 16.7. The fourth-order valence-corrected chi connectivity index (χ4v) is 14.9. The van der Waals surface area contributed by atoms with Gasteiger partial charge in [-0.2, -0.15) is 0 Å². The van der Waals surface area contributed by atoms with Crippen LogP contribution in [-0.2, 0) is 23.7 Å². The number of allylic oxidation sites excluding steroid dienone is 3. The van der Waals surface area contributed by atoms with Crippen LogP contribution in [0.25, 0.3) is 0 Å². The molecule has 4 aliphatic rings. The monoisotopic (exact) mass is 1000 g/mol. The molecule has 4 N–H and O–H groups in total. The molecule has 0 saturated heterocycles. The van der Waals surface area contributed by atoms with Crippen molar-refractivity contribution in [3.05, 3.63) is 24.3 Å². The number of rotatable bonds is 41. The largest absolute Gasteiger partial charge is 0.393 e. The van der Waals surface area contributed by atoms with Gasteiger partial charge in [-0.05, 0) is 162 Å². The topological polar surface area (TPSA) is 127 Å². The molecule has 0 heterocycles. The maximum atomic E-state index is 13.2. The molecule has 9 heteroatoms. The Morgan fingerprint density at radius 2 is 1.20 bits per heavy atom. The minimum Gasteiger partial charge on any atom is -0.393 e. The molecule has 0 aromatic heterocycles. The molecule has 0 aromatic rings. The quantitative estimate of drug-likeness (QED) is 0.0271. The Morgan fingerprint density at radius 1 is 0.662 bits per heavy atom. The van der Waals surface area contributed by atoms with Gasteiger partial charge in [0.25, 0.3) is 0 Å². The number of carbonyl (C=O) groups is 1. The summed E-state index contributed by atoms with van der Waals surface area (Å²) in [7, 11) is 0. The lowest BCUT2D eigenvalue weighted by atomic mass is 9.33. The molecule has 414 valence electrons. The molecule has 9 nitrogen and oxygen atoms in total. The molecule has 1 unspecified atom stereocenters. The summed E-state index contributed by atoms with van der Waals surface area (Å²) in [5.41, 5.74) is 0.553. The van der Waals surface area contributed by atoms with E-state index in [1.54, 1.807) is 5.57 Å². The molecule has 4 saturated carbocycles. The Balaban J connectivity index is 1.11. The third-order valence-electron chi connectivity index (χ3n) is 19.5. The van der Waals surface area contributed by atoms with E-state index in [4.69, 9.17) is 18.9 Å². The number of hydrogen-bond acceptors (Lipinski definition) is 8. The molecule has 11 atom stereocenters. The number of ether oxygens (including phenoxy) is 4. The summed E-state index contributed by atoms with van der Waals surface area (Å²) in [6, 6.07) is 0. The zero-order valence-corrected chi connectivity index (χ0v) is 47.1. The fourth-order valence-electron chi connectivity index (χ4n) is 14.9. The highest BCUT2D eigenvalue weighted by molar-refractivity contribution is 5.75. The Hall–Kier alpha value is -1.33. The smallest absolute Gasteiger partial charge is 0.220 e. The van der Waals surface area contributed by atoms with Crippen LogP contribution in [-0.4, -0.2) is 86.1 Å². The zero-order valence-electron chi connectivity index (χ0n) is 47.1. The lowest BCUT2D eigenvalue weighted by molar-refractivity contribution is -0.265. The highest BCUT2D eigenvalue weighted by Gasteiger charge is 2.73. The minimum atomic E-state index is -0.498. The van der Waals surface area contributed by atoms with E-state index in [-0.39, 0.29) is 45.5 Å². The maximum Gasteiger partial charge on any atom is 0.220 e. The van der Waals surface area contributed by atoms with E-state index in [0.29, 0.717) is 51.1 Å². The highest BCUT2D eigenvalue weighted by Crippen LogP contribution is 2.76. The van der Waals surface area contributed by atoms with Crippen LogP contribution >= 0.6 is 0 Å². The Kier molecular flexibility index (Phi) is 29.5. The van der Waals surface area contributed by atoms with Gasteiger partial charge in [0.15, 0.2) is 0 Å². The summed E-state index contributed by atoms with van der Waals surface area (Å²) < 4.78 is 23.0. The van der Waals surface area contributed by atoms with E-state index in [1.807, 2.05) is 0 Å². The van der Waals surface area contributed by atoms with Crippen molar-refractivity contribution in [3.63, 3.8) is 0 Å². The molecule has 0 aliphatic heterocycles. The normalized spacial score (nSPS) is 31.0. The standard InChI is InChI=1S/C62H113NO8/c1-8-11-13-15-20-27-41-68-48-70-43-29-22-24-32-51(33-25-30-44-71-49-69-42-28-21-16-14-12-9-2)31-23-18-17-19-26-40-63-57(67)37-34-50(4)53-35-36-54-58-55(65)46-59(5)45-52(64)38-39-60(59,6)62(58,10-3)47-56(66)61(53,54)7/h10,31,50,52-56,58,64-66H,3,8-9,11-30,32-49H2,1-2,4-7H3,(H,63,67)/b51-31-/t50-,52-,53-,54?,55-,56+,58-,59+,60+,61-,62+/m1/s1. The average Bonchev–Trinajstić information content (AvgIpc) is 3.71. The first-order valence-electron chi connectivity index (χ1n) is 30.3. The summed E-state index contributed by atoms with van der Waals surface area (Å²) in [4.78, 5) is 13.2. The van der Waals surface area contributed by atoms with E-state index >= 15 is 0 Å². The molecule has 0 spiro atoms. The lowest BCUT2D eigenvalue weighted by Crippen LogP contribution is -2.70. The van der Waals surface area contributed by atoms with Crippen molar-refractivity contribution in [1.29, 1.82) is 0 Å². The molecular formula is C62H113NO8. The number of hydrogen-bond donors (Lipinski definition) is 4. The Bertz CT molecular complexity index is 1470. The van der Waals surface area contributed by atoms with Crippen LogP contribution in [0, 0.1) is 45.3 Å². The third kappa shape index (κ3) is 18.4. The van der Waals surface area contributed by atoms with Crippen LogP contribution in [0.3, 0.4) is 0 Å². The average molecular weight is 1000 g/mol. The number of nitrogens with one attached hydrogen (secondary N) is 1. The summed E-state index contributed by atoms with van der Waals surface area (Å²) in [5.74, 6) is 0.996. The van der Waals surface area contributed by atoms with Crippen LogP contribution in [0.2, 0.25) is 0 Å². The van der Waals surface area contributed by atoms with Crippen LogP contribution in [0.5, 0.6) is 0 Å². The second kappa shape index (κ2) is 33.6. The number of fused-ring (bicyclic) bond motifs is 5. The minimum absolute atomic E-state index is 0.0484. The molecule has 0 bridgehead atoms. The van der Waals surface area contributed by atoms with Gasteiger partial charge in [-0.25, -0.2) is 0 Å². The Morgan fingerprint density at radius 3 is 1.80 bits per heavy atom. The van der Waals surface area contributed by atoms with Crippen molar-refractivity contribution in [2.24, 2.45) is 45.3 Å². The third-order valence-corrected chi connectivity index (χ3v) is 19.5. The fraction of sp³-hybridized carbons (Fsp3) is 0.919. The Labute approximate surface area is 436 Å². The van der Waals surface area contributed by atoms with Gasteiger partial charge < -0.3 is 39.6 Å². The zero-order chi connectivity index (χ0) is 51.4. The summed E-state index contributed by atoms with van der Waals surface area (Å²) in [5, 5.41) is 38.3. The number of amides is 1. The van der Waals surface area contributed by atoms with Gasteiger partial charge in [-0.1, -0.05) is 143 Å². The van der Waals surface area contributed by atoms with Crippen molar-refractivity contribution in [3.8, 4) is 0 Å². The molecule has 0 radical (unpaired) electrons. The summed E-state index contributed by atoms with van der Waals surface area (Å²) in [6.07, 6.45) is 39.3. The number of aliphatic hydroxyl groups is 3. The van der Waals surface area contributed by atoms with Crippen LogP contribution in [0.1, 0.15) is 253 Å². The second-order valence-electron chi connectivity index (χ2n) is 24.3. The van der Waals surface area contributed by atoms with Gasteiger partial charge in [-0.3, -0.25) is 4.79 Å². The molecule has 4 rings (SSSR count). The SMILES string of the molecule is C=C[C@]12C[C@H](O)[C@@]3(C)C(CC[C@@H]3[C@H](C)CCC(=O)NCCCCCC/C=C(/CCCCCOCOCCCCCCCC)CCCCOCOCCCCCCCC)[C@@H]1[C@H](O)C[C@]1(C)C[C@H](O)CC[C@@]12C. The lowest BCUT2D eigenvalue weighted by Gasteiger charge is -2.72. The van der Waals surface area contributed by atoms with Crippen molar-refractivity contribution in [1.82, 2.24) is 5.32 Å². The summed E-state index contributed by atoms with van der Waals surface area (Å²) in [6.45, 7) is 22.9. The van der Waals surface area contributed by atoms with Gasteiger partial charge in [0.1, 0.15) is 13.6 Å². The van der Waals surface area contributed by atoms with Crippen LogP contribution in [0.4, 0.5) is 0 Å². The van der Waals surface area contributed by atoms with E-state index in [9.17, 15) is 20.1 Å². The van der Waals surface area contributed by atoms with E-state index in [2.05, 4.69) is 65.6 Å². The van der Waals surface area contributed by atoms with Crippen molar-refractivity contribution in [2.75, 3.05) is 46.6 Å². The number of carbonyl (C=O) groups excluding carboxylic acids is 1. The molecule has 1 amide bonds. The van der Waals surface area contributed by atoms with E-state index < -0.39 is 12.2 Å². The first-order chi connectivity index (χ1) is 34.3. The number of unbranched alkanes of at least 4 members (excludes halogenated alkanes) is 17. The summed E-state index contributed by atoms with van der Waals surface area (Å²) >= 11 is 0. The predicted molar refractivity (Wildman–Crippen MR) is 293 cm³/mol. The predicted octanol–water partition coefficient (Wildman–Crippen LogP) is 14.7. The van der Waals surface area contributed by atoms with Gasteiger partial charge in [0.2, 0.25) is 5.91 Å². The van der Waals surface area contributed by atoms with Crippen molar-refractivity contribution in [2.45, 2.75) is 272 Å². The van der Waals surface area contributed by atoms with Gasteiger partial charge in [0, 0.05) is 44.8 Å². The first-order valence-corrected chi connectivity index (χ1v) is 30.3. The second-order valence-corrected chi connectivity index (χ2v) is 24.3. The molecule has 4 aliphatic carbocycles. The molecular weight excluding hydrogens is 887 g/mol. The molecule has 0 aromatic carbocycles. The van der Waals surface area contributed by atoms with Gasteiger partial charge in [0.05, 0.1) is 18.3 Å². The van der Waals surface area contributed by atoms with Gasteiger partial charge in [-0.15, -0.1) is 6.58 Å². The first kappa shape index (κ1) is 62.2. The van der Waals surface area contributed by atoms with Crippen molar-refractivity contribution < 1.29 is 39.1 Å². The molecule has 4 fully saturated rings. The van der Waals surface area contributed by atoms with Crippen LogP contribution in [0.15, 0.2) is 24.3 Å². The van der Waals surface area contributed by atoms with Crippen molar-refractivity contribution >= 4 is 5.91 Å². The van der Waals surface area contributed by atoms with E-state index in [0.717, 1.165) is 129 Å².